The summed E-state index contributed by atoms with van der Waals surface area (Å²) in [7, 11) is 4.07. The predicted molar refractivity (Wildman–Crippen MR) is 119 cm³/mol. The highest BCUT2D eigenvalue weighted by molar-refractivity contribution is 5.90. The molecule has 3 aromatic rings. The summed E-state index contributed by atoms with van der Waals surface area (Å²) in [5, 5.41) is 0. The predicted octanol–water partition coefficient (Wildman–Crippen LogP) is 5.09. The normalized spacial score (nSPS) is 11.1. The van der Waals surface area contributed by atoms with Gasteiger partial charge in [-0.05, 0) is 75.4 Å². The van der Waals surface area contributed by atoms with E-state index in [9.17, 15) is 4.79 Å². The molecular formula is C24H27N3O2. The average molecular weight is 389 g/mol. The molecular weight excluding hydrogens is 362 g/mol. The first-order chi connectivity index (χ1) is 13.9. The number of esters is 1. The molecule has 0 saturated carbocycles. The van der Waals surface area contributed by atoms with Gasteiger partial charge in [0.15, 0.2) is 0 Å². The van der Waals surface area contributed by atoms with Gasteiger partial charge in [-0.15, -0.1) is 0 Å². The second-order valence-corrected chi connectivity index (χ2v) is 7.10. The van der Waals surface area contributed by atoms with Crippen molar-refractivity contribution in [3.8, 4) is 5.69 Å². The van der Waals surface area contributed by atoms with Crippen molar-refractivity contribution in [1.29, 1.82) is 0 Å². The molecule has 5 heteroatoms. The molecule has 150 valence electrons. The molecule has 0 saturated heterocycles. The number of benzene rings is 2. The lowest BCUT2D eigenvalue weighted by atomic mass is 10.2. The Morgan fingerprint density at radius 2 is 1.72 bits per heavy atom. The van der Waals surface area contributed by atoms with Gasteiger partial charge >= 0.3 is 5.97 Å². The summed E-state index contributed by atoms with van der Waals surface area (Å²) in [5.74, 6) is -0.313. The Bertz CT molecular complexity index is 1010. The standard InChI is InChI=1S/C24H27N3O2/c1-6-29-24(28)19-7-9-21(10-8-19)25-16-20-15-17(2)27(18(20)3)23-13-11-22(12-14-23)26(4)5/h7-16H,6H2,1-5H3. The van der Waals surface area contributed by atoms with Crippen LogP contribution in [0.3, 0.4) is 0 Å². The van der Waals surface area contributed by atoms with E-state index in [1.807, 2.05) is 32.4 Å². The maximum atomic E-state index is 11.7. The summed E-state index contributed by atoms with van der Waals surface area (Å²) in [5.41, 5.74) is 6.97. The lowest BCUT2D eigenvalue weighted by Crippen LogP contribution is -2.08. The molecule has 5 nitrogen and oxygen atoms in total. The van der Waals surface area contributed by atoms with Gasteiger partial charge in [0.1, 0.15) is 0 Å². The molecule has 0 unspecified atom stereocenters. The van der Waals surface area contributed by atoms with Crippen LogP contribution in [0.1, 0.15) is 34.2 Å². The smallest absolute Gasteiger partial charge is 0.338 e. The van der Waals surface area contributed by atoms with E-state index in [1.54, 1.807) is 19.1 Å². The molecule has 0 fully saturated rings. The van der Waals surface area contributed by atoms with E-state index in [-0.39, 0.29) is 5.97 Å². The first-order valence-electron chi connectivity index (χ1n) is 9.68. The number of hydrogen-bond donors (Lipinski definition) is 0. The number of anilines is 1. The molecule has 0 N–H and O–H groups in total. The van der Waals surface area contributed by atoms with Crippen LogP contribution in [-0.4, -0.2) is 37.5 Å². The van der Waals surface area contributed by atoms with Crippen molar-refractivity contribution in [3.05, 3.63) is 77.1 Å². The van der Waals surface area contributed by atoms with Gasteiger partial charge in [0.05, 0.1) is 17.9 Å². The molecule has 29 heavy (non-hydrogen) atoms. The van der Waals surface area contributed by atoms with Crippen LogP contribution in [0.2, 0.25) is 0 Å². The third-order valence-electron chi connectivity index (χ3n) is 4.83. The van der Waals surface area contributed by atoms with E-state index in [2.05, 4.69) is 58.6 Å². The van der Waals surface area contributed by atoms with Gasteiger partial charge in [-0.3, -0.25) is 4.99 Å². The minimum Gasteiger partial charge on any atom is -0.462 e. The number of aromatic nitrogens is 1. The number of rotatable bonds is 6. The quantitative estimate of drug-likeness (QED) is 0.436. The van der Waals surface area contributed by atoms with Gasteiger partial charge in [0.2, 0.25) is 0 Å². The lowest BCUT2D eigenvalue weighted by Gasteiger charge is -2.14. The highest BCUT2D eigenvalue weighted by Gasteiger charge is 2.10. The Morgan fingerprint density at radius 1 is 1.07 bits per heavy atom. The molecule has 0 aliphatic carbocycles. The van der Waals surface area contributed by atoms with Crippen LogP contribution in [0.5, 0.6) is 0 Å². The number of ether oxygens (including phenoxy) is 1. The van der Waals surface area contributed by atoms with Crippen molar-refractivity contribution < 1.29 is 9.53 Å². The highest BCUT2D eigenvalue weighted by atomic mass is 16.5. The van der Waals surface area contributed by atoms with Crippen molar-refractivity contribution >= 4 is 23.6 Å². The minimum absolute atomic E-state index is 0.313. The van der Waals surface area contributed by atoms with Crippen molar-refractivity contribution in [1.82, 2.24) is 4.57 Å². The lowest BCUT2D eigenvalue weighted by molar-refractivity contribution is 0.0526. The zero-order valence-electron chi connectivity index (χ0n) is 17.6. The fourth-order valence-electron chi connectivity index (χ4n) is 3.26. The van der Waals surface area contributed by atoms with Crippen LogP contribution >= 0.6 is 0 Å². The number of aryl methyl sites for hydroxylation is 1. The molecule has 0 bridgehead atoms. The fraction of sp³-hybridized carbons (Fsp3) is 0.250. The Hall–Kier alpha value is -3.34. The molecule has 0 aliphatic rings. The molecule has 0 radical (unpaired) electrons. The molecule has 2 aromatic carbocycles. The molecule has 0 atom stereocenters. The molecule has 3 rings (SSSR count). The van der Waals surface area contributed by atoms with Gasteiger partial charge in [-0.1, -0.05) is 0 Å². The summed E-state index contributed by atoms with van der Waals surface area (Å²) in [6.45, 7) is 6.35. The van der Waals surface area contributed by atoms with Gasteiger partial charge < -0.3 is 14.2 Å². The molecule has 0 spiro atoms. The van der Waals surface area contributed by atoms with E-state index in [4.69, 9.17) is 4.74 Å². The van der Waals surface area contributed by atoms with Crippen LogP contribution in [0.4, 0.5) is 11.4 Å². The van der Waals surface area contributed by atoms with Crippen molar-refractivity contribution in [3.63, 3.8) is 0 Å². The van der Waals surface area contributed by atoms with Crippen LogP contribution in [-0.2, 0) is 4.74 Å². The summed E-state index contributed by atoms with van der Waals surface area (Å²) in [4.78, 5) is 18.4. The first kappa shape index (κ1) is 20.4. The monoisotopic (exact) mass is 389 g/mol. The third-order valence-corrected chi connectivity index (χ3v) is 4.83. The largest absolute Gasteiger partial charge is 0.462 e. The van der Waals surface area contributed by atoms with Gasteiger partial charge in [-0.2, -0.15) is 0 Å². The van der Waals surface area contributed by atoms with Crippen LogP contribution in [0.25, 0.3) is 5.69 Å². The second kappa shape index (κ2) is 8.78. The van der Waals surface area contributed by atoms with E-state index in [0.29, 0.717) is 12.2 Å². The van der Waals surface area contributed by atoms with E-state index >= 15 is 0 Å². The fourth-order valence-corrected chi connectivity index (χ4v) is 3.26. The highest BCUT2D eigenvalue weighted by Crippen LogP contribution is 2.23. The Balaban J connectivity index is 1.82. The summed E-state index contributed by atoms with van der Waals surface area (Å²) in [6, 6.07) is 17.7. The van der Waals surface area contributed by atoms with Crippen molar-refractivity contribution in [2.75, 3.05) is 25.6 Å². The van der Waals surface area contributed by atoms with Crippen LogP contribution in [0.15, 0.2) is 59.6 Å². The third kappa shape index (κ3) is 4.57. The Kier molecular flexibility index (Phi) is 6.17. The first-order valence-corrected chi connectivity index (χ1v) is 9.68. The van der Waals surface area contributed by atoms with Crippen LogP contribution in [0, 0.1) is 13.8 Å². The molecule has 0 amide bonds. The topological polar surface area (TPSA) is 46.8 Å². The number of carbonyl (C=O) groups is 1. The van der Waals surface area contributed by atoms with E-state index < -0.39 is 0 Å². The van der Waals surface area contributed by atoms with Crippen molar-refractivity contribution in [2.45, 2.75) is 20.8 Å². The van der Waals surface area contributed by atoms with E-state index in [0.717, 1.165) is 28.3 Å². The number of carbonyl (C=O) groups excluding carboxylic acids is 1. The van der Waals surface area contributed by atoms with Gasteiger partial charge in [-0.25, -0.2) is 4.79 Å². The Labute approximate surface area is 172 Å². The number of aliphatic imine (C=N–C) groups is 1. The molecule has 1 aromatic heterocycles. The maximum absolute atomic E-state index is 11.7. The number of nitrogens with zero attached hydrogens (tertiary/aromatic N) is 3. The van der Waals surface area contributed by atoms with Gasteiger partial charge in [0.25, 0.3) is 0 Å². The summed E-state index contributed by atoms with van der Waals surface area (Å²) >= 11 is 0. The van der Waals surface area contributed by atoms with E-state index in [1.165, 1.54) is 5.69 Å². The molecule has 0 aliphatic heterocycles. The average Bonchev–Trinajstić information content (AvgIpc) is 3.00. The summed E-state index contributed by atoms with van der Waals surface area (Å²) < 4.78 is 7.24. The van der Waals surface area contributed by atoms with Gasteiger partial charge in [0, 0.05) is 48.6 Å². The van der Waals surface area contributed by atoms with Crippen LogP contribution < -0.4 is 4.90 Å². The molecule has 1 heterocycles. The number of hydrogen-bond acceptors (Lipinski definition) is 4. The SMILES string of the molecule is CCOC(=O)c1ccc(N=Cc2cc(C)n(-c3ccc(N(C)C)cc3)c2C)cc1. The Morgan fingerprint density at radius 3 is 2.31 bits per heavy atom. The maximum Gasteiger partial charge on any atom is 0.338 e. The van der Waals surface area contributed by atoms with Crippen molar-refractivity contribution in [2.24, 2.45) is 4.99 Å². The zero-order valence-corrected chi connectivity index (χ0v) is 17.6. The minimum atomic E-state index is -0.313. The summed E-state index contributed by atoms with van der Waals surface area (Å²) in [6.07, 6.45) is 1.87. The zero-order chi connectivity index (χ0) is 21.0. The second-order valence-electron chi connectivity index (χ2n) is 7.10.